The summed E-state index contributed by atoms with van der Waals surface area (Å²) in [6.45, 7) is 4.45. The van der Waals surface area contributed by atoms with Crippen molar-refractivity contribution in [3.8, 4) is 11.5 Å². The van der Waals surface area contributed by atoms with E-state index in [2.05, 4.69) is 4.98 Å². The second-order valence-electron chi connectivity index (χ2n) is 4.19. The average molecular weight is 243 g/mol. The molecule has 0 unspecified atom stereocenters. The summed E-state index contributed by atoms with van der Waals surface area (Å²) < 4.78 is 11.0. The Morgan fingerprint density at radius 2 is 1.94 bits per heavy atom. The van der Waals surface area contributed by atoms with Crippen LogP contribution in [0.5, 0.6) is 11.5 Å². The number of hydrogen-bond acceptors (Lipinski definition) is 3. The van der Waals surface area contributed by atoms with Gasteiger partial charge in [0.25, 0.3) is 0 Å². The first-order chi connectivity index (χ1) is 8.69. The van der Waals surface area contributed by atoms with Gasteiger partial charge in [-0.25, -0.2) is 0 Å². The second kappa shape index (κ2) is 5.54. The lowest BCUT2D eigenvalue weighted by atomic mass is 10.2. The Morgan fingerprint density at radius 3 is 2.67 bits per heavy atom. The summed E-state index contributed by atoms with van der Waals surface area (Å²) in [5.41, 5.74) is 3.01. The largest absolute Gasteiger partial charge is 0.497 e. The molecular formula is C15H17NO2. The van der Waals surface area contributed by atoms with Gasteiger partial charge in [0.15, 0.2) is 0 Å². The second-order valence-corrected chi connectivity index (χ2v) is 4.19. The predicted molar refractivity (Wildman–Crippen MR) is 71.0 cm³/mol. The molecule has 18 heavy (non-hydrogen) atoms. The van der Waals surface area contributed by atoms with Crippen molar-refractivity contribution in [2.24, 2.45) is 0 Å². The Balaban J connectivity index is 2.10. The Hall–Kier alpha value is -2.03. The van der Waals surface area contributed by atoms with Gasteiger partial charge in [0.2, 0.25) is 0 Å². The van der Waals surface area contributed by atoms with Gasteiger partial charge in [-0.2, -0.15) is 0 Å². The van der Waals surface area contributed by atoms with Crippen molar-refractivity contribution in [3.63, 3.8) is 0 Å². The molecule has 94 valence electrons. The molecule has 0 amide bonds. The molecule has 0 saturated heterocycles. The molecule has 0 saturated carbocycles. The zero-order valence-corrected chi connectivity index (χ0v) is 10.9. The molecule has 2 aromatic rings. The van der Waals surface area contributed by atoms with Crippen LogP contribution in [0.15, 0.2) is 36.4 Å². The van der Waals surface area contributed by atoms with E-state index in [0.717, 1.165) is 28.5 Å². The topological polar surface area (TPSA) is 31.4 Å². The molecular weight excluding hydrogens is 226 g/mol. The summed E-state index contributed by atoms with van der Waals surface area (Å²) >= 11 is 0. The minimum atomic E-state index is 0.468. The summed E-state index contributed by atoms with van der Waals surface area (Å²) in [4.78, 5) is 4.40. The quantitative estimate of drug-likeness (QED) is 0.825. The van der Waals surface area contributed by atoms with Crippen LogP contribution in [0.1, 0.15) is 17.0 Å². The highest BCUT2D eigenvalue weighted by atomic mass is 16.5. The summed E-state index contributed by atoms with van der Waals surface area (Å²) in [7, 11) is 1.65. The number of aromatic nitrogens is 1. The van der Waals surface area contributed by atoms with Crippen LogP contribution in [0.25, 0.3) is 0 Å². The molecule has 0 aliphatic carbocycles. The maximum Gasteiger partial charge on any atom is 0.130 e. The number of ether oxygens (including phenoxy) is 2. The first-order valence-electron chi connectivity index (χ1n) is 5.89. The minimum Gasteiger partial charge on any atom is -0.497 e. The lowest BCUT2D eigenvalue weighted by Gasteiger charge is -2.10. The lowest BCUT2D eigenvalue weighted by Crippen LogP contribution is -2.00. The summed E-state index contributed by atoms with van der Waals surface area (Å²) in [5, 5.41) is 0. The Kier molecular flexibility index (Phi) is 3.82. The molecule has 0 atom stereocenters. The maximum absolute atomic E-state index is 5.78. The number of aryl methyl sites for hydroxylation is 2. The molecule has 0 aliphatic heterocycles. The molecule has 0 radical (unpaired) electrons. The number of rotatable bonds is 4. The minimum absolute atomic E-state index is 0.468. The van der Waals surface area contributed by atoms with E-state index in [-0.39, 0.29) is 0 Å². The van der Waals surface area contributed by atoms with Gasteiger partial charge in [0.1, 0.15) is 18.1 Å². The van der Waals surface area contributed by atoms with Gasteiger partial charge in [-0.05, 0) is 37.6 Å². The molecule has 1 heterocycles. The number of benzene rings is 1. The van der Waals surface area contributed by atoms with E-state index in [9.17, 15) is 0 Å². The zero-order chi connectivity index (χ0) is 13.0. The first-order valence-corrected chi connectivity index (χ1v) is 5.89. The first kappa shape index (κ1) is 12.4. The third-order valence-electron chi connectivity index (χ3n) is 2.72. The van der Waals surface area contributed by atoms with Gasteiger partial charge in [-0.1, -0.05) is 12.1 Å². The third-order valence-corrected chi connectivity index (χ3v) is 2.72. The molecule has 0 bridgehead atoms. The van der Waals surface area contributed by atoms with Crippen molar-refractivity contribution in [1.29, 1.82) is 0 Å². The fraction of sp³-hybridized carbons (Fsp3) is 0.267. The molecule has 0 fully saturated rings. The average Bonchev–Trinajstić information content (AvgIpc) is 2.38. The van der Waals surface area contributed by atoms with E-state index < -0.39 is 0 Å². The van der Waals surface area contributed by atoms with Crippen LogP contribution >= 0.6 is 0 Å². The van der Waals surface area contributed by atoms with Crippen molar-refractivity contribution in [3.05, 3.63) is 53.3 Å². The summed E-state index contributed by atoms with van der Waals surface area (Å²) in [6.07, 6.45) is 0. The van der Waals surface area contributed by atoms with Crippen LogP contribution in [-0.4, -0.2) is 12.1 Å². The summed E-state index contributed by atoms with van der Waals surface area (Å²) in [6, 6.07) is 11.7. The fourth-order valence-electron chi connectivity index (χ4n) is 1.69. The molecule has 3 heteroatoms. The monoisotopic (exact) mass is 243 g/mol. The lowest BCUT2D eigenvalue weighted by molar-refractivity contribution is 0.296. The molecule has 0 N–H and O–H groups in total. The Labute approximate surface area is 107 Å². The van der Waals surface area contributed by atoms with Crippen LogP contribution in [0.3, 0.4) is 0 Å². The van der Waals surface area contributed by atoms with Crippen molar-refractivity contribution in [2.45, 2.75) is 20.5 Å². The number of hydrogen-bond donors (Lipinski definition) is 0. The van der Waals surface area contributed by atoms with E-state index in [0.29, 0.717) is 6.61 Å². The molecule has 3 nitrogen and oxygen atoms in total. The van der Waals surface area contributed by atoms with Crippen LogP contribution < -0.4 is 9.47 Å². The molecule has 2 rings (SSSR count). The Morgan fingerprint density at radius 1 is 1.11 bits per heavy atom. The predicted octanol–water partition coefficient (Wildman–Crippen LogP) is 3.29. The Bertz CT molecular complexity index is 538. The van der Waals surface area contributed by atoms with E-state index in [1.165, 1.54) is 0 Å². The van der Waals surface area contributed by atoms with Crippen LogP contribution in [0.4, 0.5) is 0 Å². The standard InChI is InChI=1S/C15H17NO2/c1-11-7-8-14(17-3)9-15(11)18-10-13-6-4-5-12(2)16-13/h4-9H,10H2,1-3H3. The highest BCUT2D eigenvalue weighted by molar-refractivity contribution is 5.39. The normalized spacial score (nSPS) is 10.2. The highest BCUT2D eigenvalue weighted by Crippen LogP contribution is 2.24. The molecule has 1 aromatic carbocycles. The van der Waals surface area contributed by atoms with Gasteiger partial charge in [0, 0.05) is 11.8 Å². The highest BCUT2D eigenvalue weighted by Gasteiger charge is 2.03. The fourth-order valence-corrected chi connectivity index (χ4v) is 1.69. The number of methoxy groups -OCH3 is 1. The van der Waals surface area contributed by atoms with Gasteiger partial charge in [-0.3, -0.25) is 4.98 Å². The number of nitrogens with zero attached hydrogens (tertiary/aromatic N) is 1. The molecule has 1 aromatic heterocycles. The van der Waals surface area contributed by atoms with Gasteiger partial charge >= 0.3 is 0 Å². The number of pyridine rings is 1. The summed E-state index contributed by atoms with van der Waals surface area (Å²) in [5.74, 6) is 1.63. The van der Waals surface area contributed by atoms with Crippen molar-refractivity contribution in [1.82, 2.24) is 4.98 Å². The maximum atomic E-state index is 5.78. The zero-order valence-electron chi connectivity index (χ0n) is 10.9. The van der Waals surface area contributed by atoms with Crippen LogP contribution in [-0.2, 0) is 6.61 Å². The van der Waals surface area contributed by atoms with Gasteiger partial charge in [-0.15, -0.1) is 0 Å². The van der Waals surface area contributed by atoms with Crippen molar-refractivity contribution >= 4 is 0 Å². The van der Waals surface area contributed by atoms with Crippen LogP contribution in [0.2, 0.25) is 0 Å². The van der Waals surface area contributed by atoms with Crippen LogP contribution in [0, 0.1) is 13.8 Å². The van der Waals surface area contributed by atoms with E-state index >= 15 is 0 Å². The molecule has 0 spiro atoms. The smallest absolute Gasteiger partial charge is 0.130 e. The van der Waals surface area contributed by atoms with Gasteiger partial charge < -0.3 is 9.47 Å². The van der Waals surface area contributed by atoms with Crippen molar-refractivity contribution in [2.75, 3.05) is 7.11 Å². The van der Waals surface area contributed by atoms with E-state index in [1.807, 2.05) is 50.2 Å². The molecule has 0 aliphatic rings. The van der Waals surface area contributed by atoms with E-state index in [4.69, 9.17) is 9.47 Å². The SMILES string of the molecule is COc1ccc(C)c(OCc2cccc(C)n2)c1. The van der Waals surface area contributed by atoms with Gasteiger partial charge in [0.05, 0.1) is 12.8 Å². The van der Waals surface area contributed by atoms with Crippen molar-refractivity contribution < 1.29 is 9.47 Å². The van der Waals surface area contributed by atoms with E-state index in [1.54, 1.807) is 7.11 Å². The third kappa shape index (κ3) is 3.00.